The van der Waals surface area contributed by atoms with Gasteiger partial charge in [-0.15, -0.1) is 0 Å². The number of ether oxygens (including phenoxy) is 1. The highest BCUT2D eigenvalue weighted by atomic mass is 32.2. The van der Waals surface area contributed by atoms with Gasteiger partial charge in [-0.05, 0) is 119 Å². The summed E-state index contributed by atoms with van der Waals surface area (Å²) in [6.45, 7) is 9.25. The van der Waals surface area contributed by atoms with Gasteiger partial charge >= 0.3 is 0 Å². The standard InChI is InChI=1S/C43H64N4O4S2/c1-3-4-5-6-7-8-9-10-11-15-32-51-37-16-19-39(20-17-37)53(49,50)42-34-44-41-21-18-38(52(2)48)33-40(41)43(42)47-30-24-36(25-31-47)46-28-22-35(23-29-46)45-26-13-12-14-27-45/h16-21,33-36H,3-15,22-32H2,1-2H3/t52-/m0/s1. The number of likely N-dealkylation sites (tertiary alicyclic amines) is 2. The highest BCUT2D eigenvalue weighted by molar-refractivity contribution is 7.91. The number of rotatable bonds is 18. The van der Waals surface area contributed by atoms with Crippen LogP contribution in [0.15, 0.2) is 63.3 Å². The smallest absolute Gasteiger partial charge is 0.210 e. The number of nitrogens with zero attached hydrogens (tertiary/aromatic N) is 4. The quantitative estimate of drug-likeness (QED) is 0.0937. The van der Waals surface area contributed by atoms with E-state index >= 15 is 0 Å². The Morgan fingerprint density at radius 2 is 1.34 bits per heavy atom. The van der Waals surface area contributed by atoms with Crippen LogP contribution in [0.2, 0.25) is 0 Å². The molecule has 1 aromatic heterocycles. The summed E-state index contributed by atoms with van der Waals surface area (Å²) in [6.07, 6.45) is 24.5. The Morgan fingerprint density at radius 1 is 0.755 bits per heavy atom. The summed E-state index contributed by atoms with van der Waals surface area (Å²) in [6, 6.07) is 13.7. The van der Waals surface area contributed by atoms with E-state index in [2.05, 4.69) is 26.6 Å². The number of hydrogen-bond acceptors (Lipinski definition) is 8. The Kier molecular flexibility index (Phi) is 15.2. The van der Waals surface area contributed by atoms with Gasteiger partial charge < -0.3 is 24.0 Å². The third kappa shape index (κ3) is 10.7. The lowest BCUT2D eigenvalue weighted by Gasteiger charge is -2.45. The Labute approximate surface area is 323 Å². The van der Waals surface area contributed by atoms with Gasteiger partial charge in [-0.2, -0.15) is 0 Å². The van der Waals surface area contributed by atoms with Crippen LogP contribution in [-0.2, 0) is 21.0 Å². The van der Waals surface area contributed by atoms with Crippen molar-refractivity contribution in [3.63, 3.8) is 0 Å². The number of unbranched alkanes of at least 4 members (excludes halogenated alkanes) is 9. The number of fused-ring (bicyclic) bond motifs is 1. The first-order valence-corrected chi connectivity index (χ1v) is 23.9. The first-order chi connectivity index (χ1) is 25.8. The molecule has 10 heteroatoms. The van der Waals surface area contributed by atoms with Crippen molar-refractivity contribution < 1.29 is 17.7 Å². The second-order valence-corrected chi connectivity index (χ2v) is 19.0. The zero-order chi connectivity index (χ0) is 37.0. The van der Waals surface area contributed by atoms with E-state index < -0.39 is 21.0 Å². The molecule has 0 spiro atoms. The number of aromatic nitrogens is 1. The molecule has 0 saturated carbocycles. The van der Waals surface area contributed by atoms with E-state index in [1.165, 1.54) is 103 Å². The van der Waals surface area contributed by atoms with Crippen molar-refractivity contribution >= 4 is 37.6 Å². The van der Waals surface area contributed by atoms with Gasteiger partial charge in [-0.25, -0.2) is 8.42 Å². The molecule has 3 aliphatic heterocycles. The summed E-state index contributed by atoms with van der Waals surface area (Å²) >= 11 is -1.21. The number of sulfone groups is 1. The van der Waals surface area contributed by atoms with Crippen molar-refractivity contribution in [2.45, 2.75) is 143 Å². The van der Waals surface area contributed by atoms with Crippen molar-refractivity contribution in [1.82, 2.24) is 14.8 Å². The molecule has 0 bridgehead atoms. The summed E-state index contributed by atoms with van der Waals surface area (Å²) in [4.78, 5) is 13.4. The summed E-state index contributed by atoms with van der Waals surface area (Å²) in [5.41, 5.74) is 1.40. The molecule has 0 aliphatic carbocycles. The van der Waals surface area contributed by atoms with Crippen molar-refractivity contribution in [1.29, 1.82) is 0 Å². The van der Waals surface area contributed by atoms with E-state index in [9.17, 15) is 13.0 Å². The van der Waals surface area contributed by atoms with Crippen LogP contribution in [0, 0.1) is 0 Å². The fourth-order valence-electron chi connectivity index (χ4n) is 8.82. The highest BCUT2D eigenvalue weighted by Gasteiger charge is 2.34. The number of pyridine rings is 1. The molecule has 0 N–H and O–H groups in total. The molecule has 0 radical (unpaired) electrons. The van der Waals surface area contributed by atoms with Gasteiger partial charge in [0.1, 0.15) is 16.9 Å². The maximum atomic E-state index is 14.4. The molecule has 1 atom stereocenters. The molecule has 0 amide bonds. The van der Waals surface area contributed by atoms with Gasteiger partial charge in [-0.1, -0.05) is 71.1 Å². The Morgan fingerprint density at radius 3 is 1.96 bits per heavy atom. The molecular weight excluding hydrogens is 701 g/mol. The minimum absolute atomic E-state index is 0.212. The monoisotopic (exact) mass is 764 g/mol. The highest BCUT2D eigenvalue weighted by Crippen LogP contribution is 2.39. The molecule has 8 nitrogen and oxygen atoms in total. The van der Waals surface area contributed by atoms with Crippen LogP contribution >= 0.6 is 0 Å². The number of piperidine rings is 3. The molecule has 6 rings (SSSR count). The lowest BCUT2D eigenvalue weighted by atomic mass is 9.95. The number of hydrogen-bond donors (Lipinski definition) is 0. The Balaban J connectivity index is 1.09. The Bertz CT molecular complexity index is 1660. The average molecular weight is 765 g/mol. The third-order valence-corrected chi connectivity index (χ3v) is 14.7. The zero-order valence-corrected chi connectivity index (χ0v) is 34.1. The van der Waals surface area contributed by atoms with Crippen LogP contribution in [0.3, 0.4) is 0 Å². The largest absolute Gasteiger partial charge is 0.612 e. The summed E-state index contributed by atoms with van der Waals surface area (Å²) < 4.78 is 47.4. The number of anilines is 1. The minimum atomic E-state index is -3.91. The second-order valence-electron chi connectivity index (χ2n) is 15.7. The minimum Gasteiger partial charge on any atom is -0.612 e. The number of benzene rings is 2. The normalized spacial score (nSPS) is 19.2. The van der Waals surface area contributed by atoms with Crippen molar-refractivity contribution in [3.05, 3.63) is 48.7 Å². The summed E-state index contributed by atoms with van der Waals surface area (Å²) in [5.74, 6) is 0.689. The summed E-state index contributed by atoms with van der Waals surface area (Å²) in [7, 11) is -3.91. The SMILES string of the molecule is CCCCCCCCCCCCOc1ccc(S(=O)(=O)c2cnc3ccc([S@+](C)[O-])cc3c2N2CCC(N3CCC(N4CCCCC4)CC3)CC2)cc1. The van der Waals surface area contributed by atoms with Gasteiger partial charge in [0.2, 0.25) is 9.84 Å². The predicted molar refractivity (Wildman–Crippen MR) is 219 cm³/mol. The van der Waals surface area contributed by atoms with E-state index in [1.54, 1.807) is 30.5 Å². The van der Waals surface area contributed by atoms with Crippen LogP contribution in [-0.4, -0.2) is 92.0 Å². The van der Waals surface area contributed by atoms with E-state index in [0.29, 0.717) is 34.5 Å². The predicted octanol–water partition coefficient (Wildman–Crippen LogP) is 9.02. The maximum Gasteiger partial charge on any atom is 0.210 e. The van der Waals surface area contributed by atoms with E-state index in [1.807, 2.05) is 18.2 Å². The van der Waals surface area contributed by atoms with E-state index in [-0.39, 0.29) is 9.79 Å². The third-order valence-electron chi connectivity index (χ3n) is 12.0. The average Bonchev–Trinajstić information content (AvgIpc) is 3.20. The lowest BCUT2D eigenvalue weighted by molar-refractivity contribution is 0.0654. The summed E-state index contributed by atoms with van der Waals surface area (Å²) in [5, 5.41) is 0.746. The van der Waals surface area contributed by atoms with Gasteiger partial charge in [0.25, 0.3) is 0 Å². The molecular formula is C43H64N4O4S2. The van der Waals surface area contributed by atoms with E-state index in [0.717, 1.165) is 63.3 Å². The van der Waals surface area contributed by atoms with Crippen LogP contribution < -0.4 is 9.64 Å². The zero-order valence-electron chi connectivity index (χ0n) is 32.5. The Hall–Kier alpha value is -2.37. The van der Waals surface area contributed by atoms with Gasteiger partial charge in [-0.3, -0.25) is 4.98 Å². The molecule has 4 heterocycles. The van der Waals surface area contributed by atoms with Crippen molar-refractivity contribution in [2.24, 2.45) is 0 Å². The molecule has 2 aromatic carbocycles. The molecule has 3 aliphatic rings. The van der Waals surface area contributed by atoms with Crippen LogP contribution in [0.4, 0.5) is 5.69 Å². The molecule has 3 fully saturated rings. The van der Waals surface area contributed by atoms with E-state index in [4.69, 9.17) is 4.74 Å². The lowest BCUT2D eigenvalue weighted by Crippen LogP contribution is -2.52. The van der Waals surface area contributed by atoms with Crippen molar-refractivity contribution in [3.8, 4) is 5.75 Å². The molecule has 0 unspecified atom stereocenters. The van der Waals surface area contributed by atoms with Crippen LogP contribution in [0.25, 0.3) is 10.9 Å². The van der Waals surface area contributed by atoms with Crippen LogP contribution in [0.1, 0.15) is 116 Å². The fourth-order valence-corrected chi connectivity index (χ4v) is 10.8. The topological polar surface area (TPSA) is 89.0 Å². The molecule has 53 heavy (non-hydrogen) atoms. The first kappa shape index (κ1) is 40.3. The molecule has 3 saturated heterocycles. The van der Waals surface area contributed by atoms with Gasteiger partial charge in [0, 0.05) is 42.8 Å². The van der Waals surface area contributed by atoms with Crippen molar-refractivity contribution in [2.75, 3.05) is 57.0 Å². The van der Waals surface area contributed by atoms with Gasteiger partial charge in [0.15, 0.2) is 4.90 Å². The van der Waals surface area contributed by atoms with Gasteiger partial charge in [0.05, 0.1) is 22.7 Å². The second kappa shape index (κ2) is 20.0. The maximum absolute atomic E-state index is 14.4. The molecule has 3 aromatic rings. The first-order valence-electron chi connectivity index (χ1n) is 20.8. The van der Waals surface area contributed by atoms with Crippen LogP contribution in [0.5, 0.6) is 5.75 Å². The molecule has 292 valence electrons. The fraction of sp³-hybridized carbons (Fsp3) is 0.651.